The van der Waals surface area contributed by atoms with E-state index in [1.54, 1.807) is 11.8 Å². The van der Waals surface area contributed by atoms with Gasteiger partial charge in [-0.1, -0.05) is 55.0 Å². The van der Waals surface area contributed by atoms with Gasteiger partial charge in [0.05, 0.1) is 5.76 Å². The summed E-state index contributed by atoms with van der Waals surface area (Å²) in [7, 11) is 0. The van der Waals surface area contributed by atoms with E-state index < -0.39 is 0 Å². The molecule has 22 heavy (non-hydrogen) atoms. The summed E-state index contributed by atoms with van der Waals surface area (Å²) in [4.78, 5) is 1.29. The molecule has 0 unspecified atom stereocenters. The van der Waals surface area contributed by atoms with Crippen LogP contribution in [0.3, 0.4) is 0 Å². The molecule has 1 rings (SSSR count). The zero-order valence-electron chi connectivity index (χ0n) is 15.6. The Morgan fingerprint density at radius 3 is 1.82 bits per heavy atom. The van der Waals surface area contributed by atoms with Crippen LogP contribution in [0.5, 0.6) is 5.75 Å². The van der Waals surface area contributed by atoms with E-state index in [9.17, 15) is 0 Å². The van der Waals surface area contributed by atoms with Gasteiger partial charge in [-0.05, 0) is 35.6 Å². The highest BCUT2D eigenvalue weighted by atomic mass is 32.2. The molecular weight excluding hydrogens is 288 g/mol. The summed E-state index contributed by atoms with van der Waals surface area (Å²) in [6, 6.07) is 4.54. The molecule has 0 saturated heterocycles. The molecule has 0 aliphatic rings. The van der Waals surface area contributed by atoms with E-state index in [2.05, 4.69) is 73.4 Å². The molecule has 0 N–H and O–H groups in total. The van der Waals surface area contributed by atoms with Gasteiger partial charge in [-0.3, -0.25) is 0 Å². The first-order valence-electron chi connectivity index (χ1n) is 8.09. The van der Waals surface area contributed by atoms with E-state index in [-0.39, 0.29) is 10.8 Å². The summed E-state index contributed by atoms with van der Waals surface area (Å²) in [6.07, 6.45) is 4.08. The summed E-state index contributed by atoms with van der Waals surface area (Å²) in [5.41, 5.74) is 2.60. The fourth-order valence-corrected chi connectivity index (χ4v) is 2.89. The third-order valence-corrected chi connectivity index (χ3v) is 4.40. The summed E-state index contributed by atoms with van der Waals surface area (Å²) < 4.78 is 6.27. The van der Waals surface area contributed by atoms with Crippen molar-refractivity contribution in [3.8, 4) is 5.75 Å². The molecule has 0 aliphatic carbocycles. The number of benzene rings is 1. The second-order valence-corrected chi connectivity index (χ2v) is 8.82. The molecule has 0 bridgehead atoms. The SMILES string of the molecule is C=C(CCC)Oc1c(C(C)(C)C)cc(SC)cc1C(C)(C)C. The Labute approximate surface area is 141 Å². The lowest BCUT2D eigenvalue weighted by Crippen LogP contribution is -2.20. The first-order valence-corrected chi connectivity index (χ1v) is 9.31. The summed E-state index contributed by atoms with van der Waals surface area (Å²) in [5, 5.41) is 0. The molecule has 1 aromatic carbocycles. The number of thioether (sulfide) groups is 1. The van der Waals surface area contributed by atoms with Gasteiger partial charge in [0.25, 0.3) is 0 Å². The predicted molar refractivity (Wildman–Crippen MR) is 100 cm³/mol. The lowest BCUT2D eigenvalue weighted by atomic mass is 9.79. The van der Waals surface area contributed by atoms with Crippen molar-refractivity contribution in [2.75, 3.05) is 6.26 Å². The van der Waals surface area contributed by atoms with Crippen molar-refractivity contribution in [2.45, 2.75) is 77.0 Å². The van der Waals surface area contributed by atoms with Gasteiger partial charge in [0.15, 0.2) is 0 Å². The third kappa shape index (κ3) is 4.81. The van der Waals surface area contributed by atoms with Crippen molar-refractivity contribution in [1.82, 2.24) is 0 Å². The molecule has 1 nitrogen and oxygen atoms in total. The maximum atomic E-state index is 6.27. The van der Waals surface area contributed by atoms with Crippen LogP contribution < -0.4 is 4.74 Å². The molecule has 0 amide bonds. The summed E-state index contributed by atoms with van der Waals surface area (Å²) >= 11 is 1.79. The van der Waals surface area contributed by atoms with E-state index in [4.69, 9.17) is 4.74 Å². The van der Waals surface area contributed by atoms with Gasteiger partial charge in [0, 0.05) is 22.4 Å². The van der Waals surface area contributed by atoms with Crippen LogP contribution in [0.4, 0.5) is 0 Å². The first kappa shape index (κ1) is 19.2. The van der Waals surface area contributed by atoms with E-state index in [1.807, 2.05) is 0 Å². The number of hydrogen-bond acceptors (Lipinski definition) is 2. The molecule has 0 saturated carbocycles. The number of rotatable bonds is 5. The Bertz CT molecular complexity index is 495. The second-order valence-electron chi connectivity index (χ2n) is 7.94. The smallest absolute Gasteiger partial charge is 0.134 e. The van der Waals surface area contributed by atoms with E-state index >= 15 is 0 Å². The molecule has 0 atom stereocenters. The van der Waals surface area contributed by atoms with Crippen molar-refractivity contribution < 1.29 is 4.74 Å². The molecule has 0 heterocycles. The van der Waals surface area contributed by atoms with E-state index in [1.165, 1.54) is 16.0 Å². The Kier molecular flexibility index (Phi) is 6.20. The highest BCUT2D eigenvalue weighted by Crippen LogP contribution is 2.43. The van der Waals surface area contributed by atoms with Crippen molar-refractivity contribution >= 4 is 11.8 Å². The number of hydrogen-bond donors (Lipinski definition) is 0. The Morgan fingerprint density at radius 1 is 1.05 bits per heavy atom. The average molecular weight is 321 g/mol. The second kappa shape index (κ2) is 7.12. The molecule has 124 valence electrons. The van der Waals surface area contributed by atoms with E-state index in [0.29, 0.717) is 0 Å². The van der Waals surface area contributed by atoms with Gasteiger partial charge in [-0.25, -0.2) is 0 Å². The van der Waals surface area contributed by atoms with Crippen LogP contribution >= 0.6 is 11.8 Å². The maximum absolute atomic E-state index is 6.27. The van der Waals surface area contributed by atoms with Crippen LogP contribution in [-0.4, -0.2) is 6.26 Å². The van der Waals surface area contributed by atoms with Gasteiger partial charge in [-0.2, -0.15) is 0 Å². The predicted octanol–water partition coefficient (Wildman–Crippen LogP) is 6.70. The lowest BCUT2D eigenvalue weighted by molar-refractivity contribution is 0.375. The molecule has 2 heteroatoms. The minimum Gasteiger partial charge on any atom is -0.462 e. The first-order chi connectivity index (χ1) is 10.0. The molecule has 0 radical (unpaired) electrons. The molecule has 0 aliphatic heterocycles. The normalized spacial score (nSPS) is 12.4. The largest absolute Gasteiger partial charge is 0.462 e. The number of ether oxygens (including phenoxy) is 1. The standard InChI is InChI=1S/C20H32OS/c1-10-11-14(2)21-18-16(19(3,4)5)12-15(22-9)13-17(18)20(6,7)8/h12-13H,2,10-11H2,1,3-9H3. The fourth-order valence-electron chi connectivity index (χ4n) is 2.42. The minimum absolute atomic E-state index is 0.0353. The molecule has 0 spiro atoms. The van der Waals surface area contributed by atoms with Crippen LogP contribution in [-0.2, 0) is 10.8 Å². The summed E-state index contributed by atoms with van der Waals surface area (Å²) in [6.45, 7) is 19.7. The Balaban J connectivity index is 3.55. The molecule has 0 aromatic heterocycles. The summed E-state index contributed by atoms with van der Waals surface area (Å²) in [5.74, 6) is 1.87. The van der Waals surface area contributed by atoms with Gasteiger partial charge in [-0.15, -0.1) is 11.8 Å². The van der Waals surface area contributed by atoms with Crippen LogP contribution in [0.15, 0.2) is 29.4 Å². The maximum Gasteiger partial charge on any atom is 0.134 e. The van der Waals surface area contributed by atoms with Gasteiger partial charge in [0.1, 0.15) is 5.75 Å². The van der Waals surface area contributed by atoms with Gasteiger partial charge < -0.3 is 4.74 Å². The fraction of sp³-hybridized carbons (Fsp3) is 0.600. The Hall–Kier alpha value is -0.890. The zero-order chi connectivity index (χ0) is 17.1. The van der Waals surface area contributed by atoms with Crippen LogP contribution in [0.1, 0.15) is 72.4 Å². The number of allylic oxidation sites excluding steroid dienone is 1. The molecule has 0 fully saturated rings. The topological polar surface area (TPSA) is 9.23 Å². The van der Waals surface area contributed by atoms with E-state index in [0.717, 1.165) is 24.4 Å². The monoisotopic (exact) mass is 320 g/mol. The van der Waals surface area contributed by atoms with Crippen molar-refractivity contribution in [2.24, 2.45) is 0 Å². The third-order valence-electron chi connectivity index (χ3n) is 3.69. The van der Waals surface area contributed by atoms with Crippen LogP contribution in [0.25, 0.3) is 0 Å². The lowest BCUT2D eigenvalue weighted by Gasteiger charge is -2.30. The van der Waals surface area contributed by atoms with Crippen LogP contribution in [0, 0.1) is 0 Å². The highest BCUT2D eigenvalue weighted by Gasteiger charge is 2.28. The van der Waals surface area contributed by atoms with Crippen LogP contribution in [0.2, 0.25) is 0 Å². The average Bonchev–Trinajstić information content (AvgIpc) is 2.36. The zero-order valence-corrected chi connectivity index (χ0v) is 16.4. The molecule has 1 aromatic rings. The van der Waals surface area contributed by atoms with Crippen molar-refractivity contribution in [1.29, 1.82) is 0 Å². The van der Waals surface area contributed by atoms with Crippen molar-refractivity contribution in [3.63, 3.8) is 0 Å². The quantitative estimate of drug-likeness (QED) is 0.441. The molecular formula is C20H32OS. The highest BCUT2D eigenvalue weighted by molar-refractivity contribution is 7.98. The Morgan fingerprint density at radius 2 is 1.50 bits per heavy atom. The van der Waals surface area contributed by atoms with Gasteiger partial charge in [0.2, 0.25) is 0 Å². The van der Waals surface area contributed by atoms with Crippen molar-refractivity contribution in [3.05, 3.63) is 35.6 Å². The van der Waals surface area contributed by atoms with Gasteiger partial charge >= 0.3 is 0 Å². The minimum atomic E-state index is 0.0353.